The summed E-state index contributed by atoms with van der Waals surface area (Å²) in [4.78, 5) is 21.0. The van der Waals surface area contributed by atoms with Crippen LogP contribution in [0.4, 0.5) is 11.6 Å². The minimum absolute atomic E-state index is 0.0191. The molecule has 2 aromatic heterocycles. The summed E-state index contributed by atoms with van der Waals surface area (Å²) < 4.78 is 31.8. The first kappa shape index (κ1) is 29.9. The zero-order valence-corrected chi connectivity index (χ0v) is 25.2. The first-order chi connectivity index (χ1) is 18.7. The highest BCUT2D eigenvalue weighted by molar-refractivity contribution is 7.92. The Morgan fingerprint density at radius 3 is 2.45 bits per heavy atom. The number of anilines is 2. The number of carbonyl (C=O) groups is 1. The number of halogens is 1. The Kier molecular flexibility index (Phi) is 8.55. The number of benzene rings is 1. The molecule has 216 valence electrons. The smallest absolute Gasteiger partial charge is 0.249 e. The summed E-state index contributed by atoms with van der Waals surface area (Å²) in [5, 5.41) is 8.32. The van der Waals surface area contributed by atoms with Crippen LogP contribution in [0.25, 0.3) is 11.5 Å². The third-order valence-corrected chi connectivity index (χ3v) is 8.77. The molecule has 0 unspecified atom stereocenters. The highest BCUT2D eigenvalue weighted by atomic mass is 35.5. The lowest BCUT2D eigenvalue weighted by molar-refractivity contribution is -0.119. The number of amides is 1. The molecule has 1 aromatic carbocycles. The average molecular weight is 590 g/mol. The van der Waals surface area contributed by atoms with Crippen molar-refractivity contribution in [3.05, 3.63) is 52.9 Å². The average Bonchev–Trinajstić information content (AvgIpc) is 3.34. The largest absolute Gasteiger partial charge is 0.419 e. The van der Waals surface area contributed by atoms with Crippen molar-refractivity contribution >= 4 is 39.2 Å². The van der Waals surface area contributed by atoms with Gasteiger partial charge in [-0.3, -0.25) is 18.9 Å². The lowest BCUT2D eigenvalue weighted by atomic mass is 9.94. The fraction of sp³-hybridized carbons (Fsp3) is 0.481. The van der Waals surface area contributed by atoms with Gasteiger partial charge in [0.25, 0.3) is 0 Å². The van der Waals surface area contributed by atoms with Gasteiger partial charge < -0.3 is 10.2 Å². The van der Waals surface area contributed by atoms with Crippen LogP contribution in [0.2, 0.25) is 5.02 Å². The molecule has 40 heavy (non-hydrogen) atoms. The highest BCUT2D eigenvalue weighted by Gasteiger charge is 2.34. The number of rotatable bonds is 11. The zero-order chi connectivity index (χ0) is 29.4. The molecule has 0 spiro atoms. The predicted molar refractivity (Wildman–Crippen MR) is 156 cm³/mol. The summed E-state index contributed by atoms with van der Waals surface area (Å²) in [6, 6.07) is 11.2. The van der Waals surface area contributed by atoms with E-state index in [1.807, 2.05) is 42.3 Å². The minimum Gasteiger partial charge on any atom is -0.419 e. The summed E-state index contributed by atoms with van der Waals surface area (Å²) in [6.07, 6.45) is 2.64. The molecular formula is C27H36ClN7O4S. The van der Waals surface area contributed by atoms with E-state index in [0.29, 0.717) is 18.3 Å². The molecule has 11 nitrogen and oxygen atoms in total. The molecule has 4 rings (SSSR count). The zero-order valence-electron chi connectivity index (χ0n) is 23.6. The van der Waals surface area contributed by atoms with Crippen LogP contribution in [-0.2, 0) is 26.8 Å². The van der Waals surface area contributed by atoms with E-state index < -0.39 is 15.6 Å². The molecule has 1 aliphatic carbocycles. The molecule has 0 aliphatic heterocycles. The molecule has 13 heteroatoms. The molecule has 3 atom stereocenters. The van der Waals surface area contributed by atoms with Gasteiger partial charge in [-0.15, -0.1) is 10.2 Å². The van der Waals surface area contributed by atoms with Crippen LogP contribution in [0, 0.1) is 11.8 Å². The Balaban J connectivity index is 1.68. The Bertz CT molecular complexity index is 1480. The molecule has 1 saturated carbocycles. The fourth-order valence-electron chi connectivity index (χ4n) is 4.44. The van der Waals surface area contributed by atoms with Crippen molar-refractivity contribution in [2.24, 2.45) is 17.6 Å². The van der Waals surface area contributed by atoms with Gasteiger partial charge >= 0.3 is 0 Å². The van der Waals surface area contributed by atoms with Crippen molar-refractivity contribution in [1.82, 2.24) is 20.1 Å². The fourth-order valence-corrected chi connectivity index (χ4v) is 5.24. The second kappa shape index (κ2) is 11.4. The van der Waals surface area contributed by atoms with Crippen molar-refractivity contribution in [2.75, 3.05) is 49.7 Å². The third-order valence-electron chi connectivity index (χ3n) is 7.23. The van der Waals surface area contributed by atoms with E-state index in [-0.39, 0.29) is 46.5 Å². The van der Waals surface area contributed by atoms with Gasteiger partial charge in [0.05, 0.1) is 28.9 Å². The van der Waals surface area contributed by atoms with E-state index in [2.05, 4.69) is 22.1 Å². The summed E-state index contributed by atoms with van der Waals surface area (Å²) in [7, 11) is 1.08. The first-order valence-electron chi connectivity index (χ1n) is 12.9. The van der Waals surface area contributed by atoms with Crippen LogP contribution in [-0.4, -0.2) is 74.9 Å². The molecule has 0 radical (unpaired) electrons. The second-order valence-corrected chi connectivity index (χ2v) is 13.4. The van der Waals surface area contributed by atoms with Gasteiger partial charge in [0.15, 0.2) is 5.82 Å². The molecule has 0 bridgehead atoms. The Hall–Kier alpha value is -3.06. The van der Waals surface area contributed by atoms with Gasteiger partial charge in [0.2, 0.25) is 27.7 Å². The second-order valence-electron chi connectivity index (χ2n) is 11.0. The van der Waals surface area contributed by atoms with E-state index in [9.17, 15) is 13.2 Å². The Morgan fingerprint density at radius 2 is 1.85 bits per heavy atom. The van der Waals surface area contributed by atoms with Crippen molar-refractivity contribution in [3.63, 3.8) is 0 Å². The quantitative estimate of drug-likeness (QED) is 0.357. The maximum absolute atomic E-state index is 13.2. The van der Waals surface area contributed by atoms with E-state index >= 15 is 0 Å². The van der Waals surface area contributed by atoms with Gasteiger partial charge in [-0.1, -0.05) is 48.9 Å². The molecule has 0 saturated heterocycles. The SMILES string of the molecule is C[C@@H]1C[C@H]1CN(C)CC(=O)N(C)c1cc(-c2nnc([C@](C)(N)Cc3ccccc3)o2)c(Cl)c(N(C)S(C)(=O)=O)n1. The van der Waals surface area contributed by atoms with Crippen molar-refractivity contribution in [3.8, 4) is 11.5 Å². The number of nitrogens with two attached hydrogens (primary N) is 1. The van der Waals surface area contributed by atoms with E-state index in [0.717, 1.165) is 29.1 Å². The standard InChI is InChI=1S/C27H36ClN7O4S/c1-17-12-19(17)15-33(3)16-22(36)34(4)21-13-20(23(28)24(30-21)35(5)40(6,37)38)25-31-32-26(39-25)27(2,29)14-18-10-8-7-9-11-18/h7-11,13,17,19H,12,14-16,29H2,1-6H3/t17-,19+,27-/m1/s1. The lowest BCUT2D eigenvalue weighted by Crippen LogP contribution is -2.38. The summed E-state index contributed by atoms with van der Waals surface area (Å²) in [6.45, 7) is 4.98. The molecule has 1 aliphatic rings. The van der Waals surface area contributed by atoms with Crippen LogP contribution in [0.1, 0.15) is 31.7 Å². The van der Waals surface area contributed by atoms with Crippen LogP contribution < -0.4 is 14.9 Å². The Morgan fingerprint density at radius 1 is 1.20 bits per heavy atom. The lowest BCUT2D eigenvalue weighted by Gasteiger charge is -2.24. The number of likely N-dealkylation sites (N-methyl/N-ethyl adjacent to an activating group) is 2. The van der Waals surface area contributed by atoms with Crippen LogP contribution in [0.3, 0.4) is 0 Å². The van der Waals surface area contributed by atoms with Crippen LogP contribution >= 0.6 is 11.6 Å². The van der Waals surface area contributed by atoms with E-state index in [4.69, 9.17) is 21.8 Å². The predicted octanol–water partition coefficient (Wildman–Crippen LogP) is 3.15. The van der Waals surface area contributed by atoms with Gasteiger partial charge in [0, 0.05) is 20.6 Å². The van der Waals surface area contributed by atoms with Crippen molar-refractivity contribution in [1.29, 1.82) is 0 Å². The number of carbonyl (C=O) groups excluding carboxylic acids is 1. The number of aromatic nitrogens is 3. The maximum Gasteiger partial charge on any atom is 0.249 e. The highest BCUT2D eigenvalue weighted by Crippen LogP contribution is 2.39. The van der Waals surface area contributed by atoms with Gasteiger partial charge in [0.1, 0.15) is 5.82 Å². The van der Waals surface area contributed by atoms with Gasteiger partial charge in [-0.2, -0.15) is 0 Å². The van der Waals surface area contributed by atoms with Crippen molar-refractivity contribution < 1.29 is 17.6 Å². The molecule has 3 aromatic rings. The summed E-state index contributed by atoms with van der Waals surface area (Å²) in [5.41, 5.74) is 6.79. The van der Waals surface area contributed by atoms with E-state index in [1.165, 1.54) is 18.0 Å². The third kappa shape index (κ3) is 6.80. The van der Waals surface area contributed by atoms with Crippen LogP contribution in [0.15, 0.2) is 40.8 Å². The number of sulfonamides is 1. The minimum atomic E-state index is -3.74. The molecule has 1 amide bonds. The molecular weight excluding hydrogens is 554 g/mol. The first-order valence-corrected chi connectivity index (χ1v) is 15.2. The molecule has 2 heterocycles. The maximum atomic E-state index is 13.2. The number of hydrogen-bond acceptors (Lipinski definition) is 9. The number of hydrogen-bond donors (Lipinski definition) is 1. The molecule has 1 fully saturated rings. The topological polar surface area (TPSA) is 139 Å². The van der Waals surface area contributed by atoms with Gasteiger partial charge in [-0.25, -0.2) is 13.4 Å². The summed E-state index contributed by atoms with van der Waals surface area (Å²) in [5.74, 6) is 1.37. The Labute approximate surface area is 240 Å². The normalized spacial score (nSPS) is 18.4. The summed E-state index contributed by atoms with van der Waals surface area (Å²) >= 11 is 6.68. The van der Waals surface area contributed by atoms with Gasteiger partial charge in [-0.05, 0) is 50.3 Å². The number of nitrogens with zero attached hydrogens (tertiary/aromatic N) is 6. The van der Waals surface area contributed by atoms with E-state index in [1.54, 1.807) is 14.0 Å². The monoisotopic (exact) mass is 589 g/mol. The van der Waals surface area contributed by atoms with Crippen molar-refractivity contribution in [2.45, 2.75) is 32.2 Å². The van der Waals surface area contributed by atoms with Crippen LogP contribution in [0.5, 0.6) is 0 Å². The molecule has 2 N–H and O–H groups in total. The number of pyridine rings is 1.